The largest absolute Gasteiger partial charge is 0.481 e. The van der Waals surface area contributed by atoms with Crippen molar-refractivity contribution in [2.45, 2.75) is 31.8 Å². The second kappa shape index (κ2) is 8.81. The molecule has 0 saturated carbocycles. The number of hydrogen-bond acceptors (Lipinski definition) is 4. The number of pyridine rings is 1. The summed E-state index contributed by atoms with van der Waals surface area (Å²) in [5.74, 6) is 0.708. The van der Waals surface area contributed by atoms with Crippen LogP contribution in [-0.4, -0.2) is 47.2 Å². The molecule has 1 N–H and O–H groups in total. The molecule has 2 heterocycles. The fraction of sp³-hybridized carbons (Fsp3) is 0.429. The number of nitrogens with zero attached hydrogens (tertiary/aromatic N) is 2. The van der Waals surface area contributed by atoms with Gasteiger partial charge in [-0.05, 0) is 43.2 Å². The summed E-state index contributed by atoms with van der Waals surface area (Å²) in [5.41, 5.74) is 1.85. The van der Waals surface area contributed by atoms with Gasteiger partial charge < -0.3 is 14.7 Å². The number of carbonyl (C=O) groups excluding carboxylic acids is 1. The second-order valence-corrected chi connectivity index (χ2v) is 6.81. The molecule has 3 rings (SSSR count). The van der Waals surface area contributed by atoms with Crippen LogP contribution in [0.25, 0.3) is 0 Å². The molecule has 0 radical (unpaired) electrons. The van der Waals surface area contributed by atoms with E-state index in [1.807, 2.05) is 23.1 Å². The minimum Gasteiger partial charge on any atom is -0.481 e. The minimum absolute atomic E-state index is 0.00271. The lowest BCUT2D eigenvalue weighted by Crippen LogP contribution is -2.41. The number of piperidine rings is 1. The molecule has 1 unspecified atom stereocenters. The number of hydrogen-bond donors (Lipinski definition) is 1. The van der Waals surface area contributed by atoms with E-state index in [1.54, 1.807) is 25.4 Å². The summed E-state index contributed by atoms with van der Waals surface area (Å²) in [4.78, 5) is 18.5. The van der Waals surface area contributed by atoms with Crippen LogP contribution in [0, 0.1) is 5.92 Å². The molecule has 1 aliphatic heterocycles. The van der Waals surface area contributed by atoms with E-state index in [1.165, 1.54) is 5.56 Å². The number of ether oxygens (including phenoxy) is 1. The van der Waals surface area contributed by atoms with E-state index >= 15 is 0 Å². The molecular formula is C21H26N2O3. The van der Waals surface area contributed by atoms with E-state index < -0.39 is 0 Å². The third-order valence-corrected chi connectivity index (χ3v) is 5.13. The van der Waals surface area contributed by atoms with Crippen LogP contribution >= 0.6 is 0 Å². The zero-order chi connectivity index (χ0) is 18.4. The number of aliphatic hydroxyl groups is 1. The number of carbonyl (C=O) groups is 1. The lowest BCUT2D eigenvalue weighted by atomic mass is 9.88. The van der Waals surface area contributed by atoms with Crippen LogP contribution in [0.1, 0.15) is 35.2 Å². The molecule has 1 aromatic heterocycles. The predicted molar refractivity (Wildman–Crippen MR) is 100 cm³/mol. The van der Waals surface area contributed by atoms with E-state index in [9.17, 15) is 9.90 Å². The van der Waals surface area contributed by atoms with Gasteiger partial charge in [-0.25, -0.2) is 4.98 Å². The first-order valence-corrected chi connectivity index (χ1v) is 9.18. The van der Waals surface area contributed by atoms with Gasteiger partial charge in [0.05, 0.1) is 13.2 Å². The zero-order valence-corrected chi connectivity index (χ0v) is 15.2. The minimum atomic E-state index is -0.312. The van der Waals surface area contributed by atoms with Gasteiger partial charge in [0.15, 0.2) is 0 Å². The lowest BCUT2D eigenvalue weighted by Gasteiger charge is -2.34. The number of rotatable bonds is 6. The quantitative estimate of drug-likeness (QED) is 0.866. The van der Waals surface area contributed by atoms with Gasteiger partial charge in [0.25, 0.3) is 5.91 Å². The number of aryl methyl sites for hydroxylation is 1. The Kier molecular flexibility index (Phi) is 6.23. The molecule has 1 saturated heterocycles. The Morgan fingerprint density at radius 3 is 2.69 bits per heavy atom. The highest BCUT2D eigenvalue weighted by atomic mass is 16.5. The number of likely N-dealkylation sites (tertiary alicyclic amines) is 1. The van der Waals surface area contributed by atoms with Crippen molar-refractivity contribution < 1.29 is 14.6 Å². The number of aliphatic hydroxyl groups excluding tert-OH is 1. The van der Waals surface area contributed by atoms with Crippen molar-refractivity contribution in [3.63, 3.8) is 0 Å². The third kappa shape index (κ3) is 4.61. The number of aromatic nitrogens is 1. The molecule has 2 aromatic rings. The molecule has 1 aliphatic rings. The molecule has 5 heteroatoms. The van der Waals surface area contributed by atoms with E-state index in [2.05, 4.69) is 17.1 Å². The molecule has 1 amide bonds. The summed E-state index contributed by atoms with van der Waals surface area (Å²) >= 11 is 0. The molecule has 0 bridgehead atoms. The Morgan fingerprint density at radius 1 is 1.27 bits per heavy atom. The Labute approximate surface area is 154 Å². The third-order valence-electron chi connectivity index (χ3n) is 5.13. The number of methoxy groups -OCH3 is 1. The first kappa shape index (κ1) is 18.4. The van der Waals surface area contributed by atoms with Gasteiger partial charge in [-0.15, -0.1) is 0 Å². The van der Waals surface area contributed by atoms with Crippen molar-refractivity contribution in [2.24, 2.45) is 5.92 Å². The van der Waals surface area contributed by atoms with Gasteiger partial charge in [0, 0.05) is 30.9 Å². The Morgan fingerprint density at radius 2 is 2.00 bits per heavy atom. The lowest BCUT2D eigenvalue weighted by molar-refractivity contribution is 0.0436. The predicted octanol–water partition coefficient (Wildman–Crippen LogP) is 2.94. The molecule has 138 valence electrons. The van der Waals surface area contributed by atoms with Crippen molar-refractivity contribution in [3.8, 4) is 5.88 Å². The fourth-order valence-corrected chi connectivity index (χ4v) is 3.52. The van der Waals surface area contributed by atoms with Gasteiger partial charge >= 0.3 is 0 Å². The summed E-state index contributed by atoms with van der Waals surface area (Å²) in [6, 6.07) is 13.6. The summed E-state index contributed by atoms with van der Waals surface area (Å²) < 4.78 is 5.09. The van der Waals surface area contributed by atoms with Crippen LogP contribution in [-0.2, 0) is 6.42 Å². The van der Waals surface area contributed by atoms with Gasteiger partial charge in [-0.3, -0.25) is 4.79 Å². The maximum atomic E-state index is 12.6. The summed E-state index contributed by atoms with van der Waals surface area (Å²) in [6.45, 7) is 1.35. The van der Waals surface area contributed by atoms with E-state index in [0.717, 1.165) is 25.7 Å². The normalized spacial score (nSPS) is 16.3. The Hall–Kier alpha value is -2.40. The van der Waals surface area contributed by atoms with Crippen LogP contribution in [0.2, 0.25) is 0 Å². The monoisotopic (exact) mass is 354 g/mol. The highest BCUT2D eigenvalue weighted by molar-refractivity contribution is 5.94. The molecule has 5 nitrogen and oxygen atoms in total. The summed E-state index contributed by atoms with van der Waals surface area (Å²) in [5, 5.41) is 10.5. The van der Waals surface area contributed by atoms with E-state index in [-0.39, 0.29) is 17.9 Å². The van der Waals surface area contributed by atoms with Crippen LogP contribution in [0.15, 0.2) is 48.7 Å². The maximum absolute atomic E-state index is 12.6. The van der Waals surface area contributed by atoms with Gasteiger partial charge in [0.2, 0.25) is 5.88 Å². The van der Waals surface area contributed by atoms with Crippen molar-refractivity contribution in [1.82, 2.24) is 9.88 Å². The molecule has 1 fully saturated rings. The van der Waals surface area contributed by atoms with Crippen LogP contribution in [0.4, 0.5) is 0 Å². The summed E-state index contributed by atoms with van der Waals surface area (Å²) in [7, 11) is 1.54. The van der Waals surface area contributed by atoms with Crippen molar-refractivity contribution >= 4 is 5.91 Å². The average molecular weight is 354 g/mol. The second-order valence-electron chi connectivity index (χ2n) is 6.81. The smallest absolute Gasteiger partial charge is 0.254 e. The van der Waals surface area contributed by atoms with E-state index in [0.29, 0.717) is 24.5 Å². The SMILES string of the molecule is COc1cc(C(=O)N2CCC(C(O)CCc3ccccc3)CC2)ccn1. The van der Waals surface area contributed by atoms with Crippen LogP contribution < -0.4 is 4.74 Å². The van der Waals surface area contributed by atoms with Gasteiger partial charge in [0.1, 0.15) is 0 Å². The molecule has 1 atom stereocenters. The molecular weight excluding hydrogens is 328 g/mol. The van der Waals surface area contributed by atoms with Crippen molar-refractivity contribution in [2.75, 3.05) is 20.2 Å². The highest BCUT2D eigenvalue weighted by Crippen LogP contribution is 2.25. The number of amides is 1. The first-order valence-electron chi connectivity index (χ1n) is 9.18. The Balaban J connectivity index is 1.49. The maximum Gasteiger partial charge on any atom is 0.254 e. The molecule has 1 aromatic carbocycles. The van der Waals surface area contributed by atoms with Gasteiger partial charge in [-0.2, -0.15) is 0 Å². The van der Waals surface area contributed by atoms with Crippen molar-refractivity contribution in [3.05, 3.63) is 59.8 Å². The van der Waals surface area contributed by atoms with E-state index in [4.69, 9.17) is 4.74 Å². The van der Waals surface area contributed by atoms with Crippen LogP contribution in [0.3, 0.4) is 0 Å². The molecule has 0 spiro atoms. The van der Waals surface area contributed by atoms with Crippen LogP contribution in [0.5, 0.6) is 5.88 Å². The Bertz CT molecular complexity index is 712. The zero-order valence-electron chi connectivity index (χ0n) is 15.2. The standard InChI is InChI=1S/C21H26N2O3/c1-26-20-15-18(9-12-22-20)21(25)23-13-10-17(11-14-23)19(24)8-7-16-5-3-2-4-6-16/h2-6,9,12,15,17,19,24H,7-8,10-11,13-14H2,1H3. The topological polar surface area (TPSA) is 62.7 Å². The first-order chi connectivity index (χ1) is 12.7. The number of benzene rings is 1. The average Bonchev–Trinajstić information content (AvgIpc) is 2.72. The van der Waals surface area contributed by atoms with Gasteiger partial charge in [-0.1, -0.05) is 30.3 Å². The molecule has 0 aliphatic carbocycles. The molecule has 26 heavy (non-hydrogen) atoms. The van der Waals surface area contributed by atoms with Crippen molar-refractivity contribution in [1.29, 1.82) is 0 Å². The summed E-state index contributed by atoms with van der Waals surface area (Å²) in [6.07, 6.45) is 4.61. The highest BCUT2D eigenvalue weighted by Gasteiger charge is 2.28. The fourth-order valence-electron chi connectivity index (χ4n) is 3.52.